The van der Waals surface area contributed by atoms with E-state index in [1.807, 2.05) is 30.3 Å². The highest BCUT2D eigenvalue weighted by atomic mass is 28.4. The molecule has 0 aliphatic heterocycles. The maximum Gasteiger partial charge on any atom is 0.192 e. The Balaban J connectivity index is 2.36. The molecule has 0 bridgehead atoms. The standard InChI is InChI=1S/C21H36O3Si/c1-8-10-20(24-25(6,7)21(2,3)4)11-9-16-23-17-18-12-14-19(22-5)15-13-18/h8,12-15,20H,1,9-11,16-17H2,2-7H3/t20-/m1/s1. The maximum absolute atomic E-state index is 6.53. The molecule has 0 N–H and O–H groups in total. The summed E-state index contributed by atoms with van der Waals surface area (Å²) in [5.74, 6) is 0.874. The van der Waals surface area contributed by atoms with Crippen molar-refractivity contribution < 1.29 is 13.9 Å². The van der Waals surface area contributed by atoms with Gasteiger partial charge in [0.15, 0.2) is 8.32 Å². The quantitative estimate of drug-likeness (QED) is 0.275. The van der Waals surface area contributed by atoms with E-state index in [1.54, 1.807) is 7.11 Å². The van der Waals surface area contributed by atoms with E-state index in [0.29, 0.717) is 6.61 Å². The largest absolute Gasteiger partial charge is 0.497 e. The molecule has 0 spiro atoms. The second-order valence-corrected chi connectivity index (χ2v) is 12.8. The van der Waals surface area contributed by atoms with E-state index in [0.717, 1.165) is 31.6 Å². The molecular weight excluding hydrogens is 328 g/mol. The van der Waals surface area contributed by atoms with Gasteiger partial charge in [-0.3, -0.25) is 0 Å². The summed E-state index contributed by atoms with van der Waals surface area (Å²) in [4.78, 5) is 0. The van der Waals surface area contributed by atoms with Gasteiger partial charge in [-0.15, -0.1) is 6.58 Å². The summed E-state index contributed by atoms with van der Waals surface area (Å²) in [5.41, 5.74) is 1.17. The molecule has 4 heteroatoms. The number of hydrogen-bond donors (Lipinski definition) is 0. The van der Waals surface area contributed by atoms with E-state index in [-0.39, 0.29) is 11.1 Å². The highest BCUT2D eigenvalue weighted by Gasteiger charge is 2.38. The third-order valence-corrected chi connectivity index (χ3v) is 9.47. The minimum absolute atomic E-state index is 0.233. The molecule has 1 aromatic carbocycles. The fraction of sp³-hybridized carbons (Fsp3) is 0.619. The molecule has 0 radical (unpaired) electrons. The summed E-state index contributed by atoms with van der Waals surface area (Å²) >= 11 is 0. The molecule has 0 unspecified atom stereocenters. The van der Waals surface area contributed by atoms with Crippen molar-refractivity contribution in [2.45, 2.75) is 70.9 Å². The van der Waals surface area contributed by atoms with Crippen molar-refractivity contribution in [3.63, 3.8) is 0 Å². The zero-order chi connectivity index (χ0) is 18.9. The summed E-state index contributed by atoms with van der Waals surface area (Å²) in [5, 5.41) is 0.233. The smallest absolute Gasteiger partial charge is 0.192 e. The van der Waals surface area contributed by atoms with Gasteiger partial charge < -0.3 is 13.9 Å². The average Bonchev–Trinajstić information content (AvgIpc) is 2.54. The third-order valence-electron chi connectivity index (χ3n) is 4.94. The lowest BCUT2D eigenvalue weighted by Crippen LogP contribution is -2.43. The molecule has 25 heavy (non-hydrogen) atoms. The fourth-order valence-electron chi connectivity index (χ4n) is 2.33. The Bertz CT molecular complexity index is 503. The summed E-state index contributed by atoms with van der Waals surface area (Å²) in [6.07, 6.45) is 5.15. The molecule has 1 rings (SSSR count). The molecule has 0 amide bonds. The van der Waals surface area contributed by atoms with Gasteiger partial charge in [0.2, 0.25) is 0 Å². The fourth-order valence-corrected chi connectivity index (χ4v) is 3.73. The highest BCUT2D eigenvalue weighted by molar-refractivity contribution is 6.74. The molecule has 1 atom stereocenters. The van der Waals surface area contributed by atoms with Gasteiger partial charge in [0, 0.05) is 12.7 Å². The maximum atomic E-state index is 6.53. The lowest BCUT2D eigenvalue weighted by Gasteiger charge is -2.39. The van der Waals surface area contributed by atoms with Crippen molar-refractivity contribution in [2.24, 2.45) is 0 Å². The molecule has 142 valence electrons. The van der Waals surface area contributed by atoms with E-state index in [2.05, 4.69) is 40.4 Å². The van der Waals surface area contributed by atoms with Gasteiger partial charge in [0.05, 0.1) is 13.7 Å². The molecule has 0 saturated heterocycles. The van der Waals surface area contributed by atoms with E-state index in [1.165, 1.54) is 5.56 Å². The Morgan fingerprint density at radius 3 is 2.32 bits per heavy atom. The first-order valence-electron chi connectivity index (χ1n) is 9.19. The lowest BCUT2D eigenvalue weighted by atomic mass is 10.1. The van der Waals surface area contributed by atoms with E-state index < -0.39 is 8.32 Å². The summed E-state index contributed by atoms with van der Waals surface area (Å²) in [6, 6.07) is 8.01. The van der Waals surface area contributed by atoms with Gasteiger partial charge in [0.25, 0.3) is 0 Å². The number of methoxy groups -OCH3 is 1. The third kappa shape index (κ3) is 7.76. The molecule has 0 aliphatic carbocycles. The van der Waals surface area contributed by atoms with Crippen LogP contribution in [-0.4, -0.2) is 28.1 Å². The SMILES string of the molecule is C=CC[C@H](CCCOCc1ccc(OC)cc1)O[Si](C)(C)C(C)(C)C. The summed E-state index contributed by atoms with van der Waals surface area (Å²) in [6.45, 7) is 16.7. The number of ether oxygens (including phenoxy) is 2. The predicted octanol–water partition coefficient (Wildman–Crippen LogP) is 5.96. The monoisotopic (exact) mass is 364 g/mol. The summed E-state index contributed by atoms with van der Waals surface area (Å²) in [7, 11) is -0.0583. The van der Waals surface area contributed by atoms with Crippen LogP contribution in [0.2, 0.25) is 18.1 Å². The Morgan fingerprint density at radius 1 is 1.16 bits per heavy atom. The van der Waals surface area contributed by atoms with Gasteiger partial charge in [-0.05, 0) is 55.1 Å². The zero-order valence-electron chi connectivity index (χ0n) is 16.9. The van der Waals surface area contributed by atoms with Crippen LogP contribution in [0.4, 0.5) is 0 Å². The zero-order valence-corrected chi connectivity index (χ0v) is 17.9. The second kappa shape index (κ2) is 10.1. The Hall–Kier alpha value is -1.10. The minimum Gasteiger partial charge on any atom is -0.497 e. The lowest BCUT2D eigenvalue weighted by molar-refractivity contribution is 0.100. The number of rotatable bonds is 11. The molecule has 0 fully saturated rings. The van der Waals surface area contributed by atoms with Crippen molar-refractivity contribution >= 4 is 8.32 Å². The molecule has 0 saturated carbocycles. The van der Waals surface area contributed by atoms with Gasteiger partial charge in [-0.1, -0.05) is 39.0 Å². The Labute approximate surface area is 155 Å². The molecule has 0 heterocycles. The topological polar surface area (TPSA) is 27.7 Å². The normalized spacial score (nSPS) is 13.5. The van der Waals surface area contributed by atoms with Crippen molar-refractivity contribution in [1.82, 2.24) is 0 Å². The number of hydrogen-bond acceptors (Lipinski definition) is 3. The van der Waals surface area contributed by atoms with Gasteiger partial charge >= 0.3 is 0 Å². The molecule has 1 aromatic rings. The minimum atomic E-state index is -1.74. The van der Waals surface area contributed by atoms with E-state index in [4.69, 9.17) is 13.9 Å². The van der Waals surface area contributed by atoms with Crippen LogP contribution < -0.4 is 4.74 Å². The summed E-state index contributed by atoms with van der Waals surface area (Å²) < 4.78 is 17.5. The van der Waals surface area contributed by atoms with Gasteiger partial charge in [-0.2, -0.15) is 0 Å². The first-order valence-corrected chi connectivity index (χ1v) is 12.1. The van der Waals surface area contributed by atoms with Crippen LogP contribution in [0.25, 0.3) is 0 Å². The molecule has 0 aromatic heterocycles. The predicted molar refractivity (Wildman–Crippen MR) is 109 cm³/mol. The van der Waals surface area contributed by atoms with Crippen LogP contribution in [0.5, 0.6) is 5.75 Å². The van der Waals surface area contributed by atoms with Crippen molar-refractivity contribution in [1.29, 1.82) is 0 Å². The second-order valence-electron chi connectivity index (χ2n) is 8.07. The van der Waals surface area contributed by atoms with Crippen molar-refractivity contribution in [3.05, 3.63) is 42.5 Å². The van der Waals surface area contributed by atoms with Crippen LogP contribution in [-0.2, 0) is 15.8 Å². The van der Waals surface area contributed by atoms with Gasteiger partial charge in [-0.25, -0.2) is 0 Å². The van der Waals surface area contributed by atoms with Gasteiger partial charge in [0.1, 0.15) is 5.75 Å². The van der Waals surface area contributed by atoms with Crippen LogP contribution in [0, 0.1) is 0 Å². The van der Waals surface area contributed by atoms with E-state index in [9.17, 15) is 0 Å². The average molecular weight is 365 g/mol. The first-order chi connectivity index (χ1) is 11.7. The van der Waals surface area contributed by atoms with Crippen LogP contribution >= 0.6 is 0 Å². The van der Waals surface area contributed by atoms with E-state index >= 15 is 0 Å². The molecular formula is C21H36O3Si. The van der Waals surface area contributed by atoms with Crippen LogP contribution in [0.1, 0.15) is 45.6 Å². The van der Waals surface area contributed by atoms with Crippen LogP contribution in [0.15, 0.2) is 36.9 Å². The van der Waals surface area contributed by atoms with Crippen LogP contribution in [0.3, 0.4) is 0 Å². The van der Waals surface area contributed by atoms with Crippen molar-refractivity contribution in [2.75, 3.05) is 13.7 Å². The van der Waals surface area contributed by atoms with Crippen molar-refractivity contribution in [3.8, 4) is 5.75 Å². The Kier molecular flexibility index (Phi) is 8.90. The first kappa shape index (κ1) is 21.9. The number of benzene rings is 1. The highest BCUT2D eigenvalue weighted by Crippen LogP contribution is 2.38. The molecule has 3 nitrogen and oxygen atoms in total. The molecule has 0 aliphatic rings. The Morgan fingerprint density at radius 2 is 1.80 bits per heavy atom.